The number of anilines is 2. The number of nitrogens with one attached hydrogen (secondary N) is 2. The maximum Gasteiger partial charge on any atom is 0.142 e. The fourth-order valence-corrected chi connectivity index (χ4v) is 3.92. The molecule has 0 saturated carbocycles. The van der Waals surface area contributed by atoms with Crippen molar-refractivity contribution in [3.63, 3.8) is 0 Å². The molecule has 1 aromatic carbocycles. The highest BCUT2D eigenvalue weighted by molar-refractivity contribution is 5.59. The van der Waals surface area contributed by atoms with Gasteiger partial charge in [-0.3, -0.25) is 0 Å². The summed E-state index contributed by atoms with van der Waals surface area (Å²) >= 11 is 0. The molecule has 2 aromatic rings. The number of hydrogen-bond acceptors (Lipinski definition) is 5. The summed E-state index contributed by atoms with van der Waals surface area (Å²) in [6, 6.07) is 10.4. The second-order valence-electron chi connectivity index (χ2n) is 7.08. The van der Waals surface area contributed by atoms with E-state index in [1.807, 2.05) is 24.4 Å². The smallest absolute Gasteiger partial charge is 0.142 e. The average molecular weight is 341 g/mol. The Labute approximate surface area is 149 Å². The van der Waals surface area contributed by atoms with Gasteiger partial charge >= 0.3 is 0 Å². The SMILES string of the molecule is COc1ccccc1N1CCC(CNCC2CNc3ccnn3C2)C1. The van der Waals surface area contributed by atoms with Gasteiger partial charge in [0.25, 0.3) is 0 Å². The highest BCUT2D eigenvalue weighted by Crippen LogP contribution is 2.31. The van der Waals surface area contributed by atoms with Gasteiger partial charge in [0.05, 0.1) is 19.0 Å². The molecule has 0 bridgehead atoms. The van der Waals surface area contributed by atoms with Crippen molar-refractivity contribution in [2.75, 3.05) is 50.1 Å². The van der Waals surface area contributed by atoms with Gasteiger partial charge in [-0.25, -0.2) is 4.68 Å². The summed E-state index contributed by atoms with van der Waals surface area (Å²) in [5.41, 5.74) is 1.22. The topological polar surface area (TPSA) is 54.4 Å². The van der Waals surface area contributed by atoms with E-state index < -0.39 is 0 Å². The fourth-order valence-electron chi connectivity index (χ4n) is 3.92. The minimum atomic E-state index is 0.596. The van der Waals surface area contributed by atoms with Gasteiger partial charge in [0.1, 0.15) is 11.6 Å². The predicted octanol–water partition coefficient (Wildman–Crippen LogP) is 2.05. The van der Waals surface area contributed by atoms with Gasteiger partial charge in [-0.1, -0.05) is 12.1 Å². The fraction of sp³-hybridized carbons (Fsp3) is 0.526. The summed E-state index contributed by atoms with van der Waals surface area (Å²) in [6.45, 7) is 6.34. The number of ether oxygens (including phenoxy) is 1. The molecule has 2 atom stereocenters. The normalized spacial score (nSPS) is 22.5. The van der Waals surface area contributed by atoms with Gasteiger partial charge in [0.2, 0.25) is 0 Å². The lowest BCUT2D eigenvalue weighted by Gasteiger charge is -2.26. The van der Waals surface area contributed by atoms with Crippen LogP contribution in [0.25, 0.3) is 0 Å². The van der Waals surface area contributed by atoms with Gasteiger partial charge in [-0.05, 0) is 31.0 Å². The Hall–Kier alpha value is -2.21. The summed E-state index contributed by atoms with van der Waals surface area (Å²) in [5, 5.41) is 11.5. The Balaban J connectivity index is 1.24. The van der Waals surface area contributed by atoms with Crippen LogP contribution >= 0.6 is 0 Å². The average Bonchev–Trinajstić information content (AvgIpc) is 3.30. The number of para-hydroxylation sites is 2. The Kier molecular flexibility index (Phi) is 4.78. The van der Waals surface area contributed by atoms with Gasteiger partial charge in [-0.2, -0.15) is 5.10 Å². The first-order chi connectivity index (χ1) is 12.3. The lowest BCUT2D eigenvalue weighted by molar-refractivity contribution is 0.378. The first-order valence-electron chi connectivity index (χ1n) is 9.18. The molecule has 1 fully saturated rings. The Morgan fingerprint density at radius 2 is 2.08 bits per heavy atom. The maximum atomic E-state index is 5.50. The molecule has 2 aliphatic rings. The molecule has 0 spiro atoms. The molecule has 2 N–H and O–H groups in total. The number of nitrogens with zero attached hydrogens (tertiary/aromatic N) is 3. The molecular formula is C19H27N5O. The summed E-state index contributed by atoms with van der Waals surface area (Å²) < 4.78 is 7.57. The molecule has 0 radical (unpaired) electrons. The molecule has 3 heterocycles. The van der Waals surface area contributed by atoms with E-state index >= 15 is 0 Å². The van der Waals surface area contributed by atoms with Gasteiger partial charge < -0.3 is 20.3 Å². The Morgan fingerprint density at radius 1 is 1.20 bits per heavy atom. The minimum Gasteiger partial charge on any atom is -0.495 e. The number of rotatable bonds is 6. The molecule has 6 heteroatoms. The van der Waals surface area contributed by atoms with E-state index in [0.717, 1.165) is 50.8 Å². The van der Waals surface area contributed by atoms with Crippen LogP contribution < -0.4 is 20.3 Å². The van der Waals surface area contributed by atoms with Crippen LogP contribution in [-0.2, 0) is 6.54 Å². The van der Waals surface area contributed by atoms with Crippen molar-refractivity contribution in [3.8, 4) is 5.75 Å². The molecule has 4 rings (SSSR count). The second-order valence-corrected chi connectivity index (χ2v) is 7.08. The van der Waals surface area contributed by atoms with Gasteiger partial charge in [0.15, 0.2) is 0 Å². The number of aromatic nitrogens is 2. The van der Waals surface area contributed by atoms with Crippen molar-refractivity contribution in [1.29, 1.82) is 0 Å². The van der Waals surface area contributed by atoms with E-state index in [1.165, 1.54) is 12.1 Å². The molecular weight excluding hydrogens is 314 g/mol. The minimum absolute atomic E-state index is 0.596. The van der Waals surface area contributed by atoms with E-state index in [0.29, 0.717) is 11.8 Å². The molecule has 2 unspecified atom stereocenters. The van der Waals surface area contributed by atoms with E-state index in [9.17, 15) is 0 Å². The highest BCUT2D eigenvalue weighted by atomic mass is 16.5. The van der Waals surface area contributed by atoms with Crippen molar-refractivity contribution in [2.24, 2.45) is 11.8 Å². The molecule has 2 aliphatic heterocycles. The standard InChI is InChI=1S/C19H27N5O/c1-25-18-5-3-2-4-17(18)23-9-7-15(13-23)10-20-11-16-12-21-19-6-8-22-24(19)14-16/h2-6,8,15-16,20-21H,7,9-14H2,1H3. The summed E-state index contributed by atoms with van der Waals surface area (Å²) in [5.74, 6) is 3.40. The first kappa shape index (κ1) is 16.3. The monoisotopic (exact) mass is 341 g/mol. The van der Waals surface area contributed by atoms with Crippen molar-refractivity contribution in [3.05, 3.63) is 36.5 Å². The van der Waals surface area contributed by atoms with Crippen LogP contribution in [0.3, 0.4) is 0 Å². The van der Waals surface area contributed by atoms with E-state index in [4.69, 9.17) is 4.74 Å². The number of methoxy groups -OCH3 is 1. The second kappa shape index (κ2) is 7.35. The van der Waals surface area contributed by atoms with Crippen LogP contribution in [0.2, 0.25) is 0 Å². The third kappa shape index (κ3) is 3.58. The highest BCUT2D eigenvalue weighted by Gasteiger charge is 2.25. The Morgan fingerprint density at radius 3 is 3.00 bits per heavy atom. The quantitative estimate of drug-likeness (QED) is 0.842. The summed E-state index contributed by atoms with van der Waals surface area (Å²) in [4.78, 5) is 2.45. The molecule has 0 aliphatic carbocycles. The van der Waals surface area contributed by atoms with Crippen LogP contribution in [0.4, 0.5) is 11.5 Å². The molecule has 0 amide bonds. The summed E-state index contributed by atoms with van der Waals surface area (Å²) in [6.07, 6.45) is 3.10. The molecule has 1 saturated heterocycles. The first-order valence-corrected chi connectivity index (χ1v) is 9.18. The predicted molar refractivity (Wildman–Crippen MR) is 100 cm³/mol. The molecule has 25 heavy (non-hydrogen) atoms. The zero-order valence-electron chi connectivity index (χ0n) is 14.8. The van der Waals surface area contributed by atoms with Crippen LogP contribution in [0, 0.1) is 11.8 Å². The third-order valence-electron chi connectivity index (χ3n) is 5.30. The van der Waals surface area contributed by atoms with E-state index in [2.05, 4.69) is 37.4 Å². The van der Waals surface area contributed by atoms with Crippen LogP contribution in [0.15, 0.2) is 36.5 Å². The van der Waals surface area contributed by atoms with Gasteiger partial charge in [0, 0.05) is 44.7 Å². The largest absolute Gasteiger partial charge is 0.495 e. The molecule has 134 valence electrons. The van der Waals surface area contributed by atoms with E-state index in [1.54, 1.807) is 7.11 Å². The van der Waals surface area contributed by atoms with Crippen LogP contribution in [0.5, 0.6) is 5.75 Å². The van der Waals surface area contributed by atoms with Crippen molar-refractivity contribution >= 4 is 11.5 Å². The number of fused-ring (bicyclic) bond motifs is 1. The van der Waals surface area contributed by atoms with Crippen molar-refractivity contribution in [2.45, 2.75) is 13.0 Å². The number of hydrogen-bond donors (Lipinski definition) is 2. The zero-order valence-corrected chi connectivity index (χ0v) is 14.8. The van der Waals surface area contributed by atoms with Crippen LogP contribution in [0.1, 0.15) is 6.42 Å². The third-order valence-corrected chi connectivity index (χ3v) is 5.30. The van der Waals surface area contributed by atoms with E-state index in [-0.39, 0.29) is 0 Å². The number of benzene rings is 1. The summed E-state index contributed by atoms with van der Waals surface area (Å²) in [7, 11) is 1.75. The zero-order chi connectivity index (χ0) is 17.1. The lowest BCUT2D eigenvalue weighted by atomic mass is 10.1. The Bertz CT molecular complexity index is 701. The maximum absolute atomic E-state index is 5.50. The van der Waals surface area contributed by atoms with Crippen molar-refractivity contribution < 1.29 is 4.74 Å². The molecule has 1 aromatic heterocycles. The molecule has 6 nitrogen and oxygen atoms in total. The van der Waals surface area contributed by atoms with Crippen molar-refractivity contribution in [1.82, 2.24) is 15.1 Å². The lowest BCUT2D eigenvalue weighted by Crippen LogP contribution is -2.37. The van der Waals surface area contributed by atoms with Gasteiger partial charge in [-0.15, -0.1) is 0 Å². The van der Waals surface area contributed by atoms with Crippen LogP contribution in [-0.4, -0.2) is 49.6 Å².